The maximum Gasteiger partial charge on any atom is 0.192 e. The van der Waals surface area contributed by atoms with Crippen LogP contribution in [0.5, 0.6) is 5.75 Å². The van der Waals surface area contributed by atoms with Gasteiger partial charge in [-0.15, -0.1) is 0 Å². The first-order valence-electron chi connectivity index (χ1n) is 9.67. The maximum absolute atomic E-state index is 6.59. The van der Waals surface area contributed by atoms with E-state index in [-0.39, 0.29) is 11.1 Å². The van der Waals surface area contributed by atoms with Gasteiger partial charge in [-0.1, -0.05) is 46.8 Å². The SMILES string of the molecule is COCCc1ccc(OCC(CNC(C)C)O[Si](C)(C)C(C)(C)C)cc1. The lowest BCUT2D eigenvalue weighted by Crippen LogP contribution is -2.48. The van der Waals surface area contributed by atoms with Crippen LogP contribution >= 0.6 is 0 Å². The molecule has 1 unspecified atom stereocenters. The molecule has 1 atom stereocenters. The van der Waals surface area contributed by atoms with E-state index in [0.29, 0.717) is 12.6 Å². The molecule has 0 saturated carbocycles. The molecule has 0 aliphatic carbocycles. The summed E-state index contributed by atoms with van der Waals surface area (Å²) in [5.74, 6) is 0.888. The number of benzene rings is 1. The van der Waals surface area contributed by atoms with Crippen molar-refractivity contribution in [2.24, 2.45) is 0 Å². The van der Waals surface area contributed by atoms with Crippen molar-refractivity contribution in [3.8, 4) is 5.75 Å². The molecule has 1 aromatic rings. The molecule has 0 aliphatic rings. The van der Waals surface area contributed by atoms with E-state index >= 15 is 0 Å². The molecular formula is C21H39NO3Si. The average Bonchev–Trinajstić information content (AvgIpc) is 2.55. The second-order valence-corrected chi connectivity index (χ2v) is 13.5. The summed E-state index contributed by atoms with van der Waals surface area (Å²) in [6.07, 6.45) is 0.970. The molecule has 150 valence electrons. The highest BCUT2D eigenvalue weighted by atomic mass is 28.4. The van der Waals surface area contributed by atoms with E-state index in [9.17, 15) is 0 Å². The molecule has 0 aromatic heterocycles. The summed E-state index contributed by atoms with van der Waals surface area (Å²) in [6.45, 7) is 17.8. The van der Waals surface area contributed by atoms with Crippen molar-refractivity contribution in [2.75, 3.05) is 26.9 Å². The van der Waals surface area contributed by atoms with Crippen LogP contribution in [0.2, 0.25) is 18.1 Å². The van der Waals surface area contributed by atoms with E-state index < -0.39 is 8.32 Å². The molecule has 1 aromatic carbocycles. The first kappa shape index (κ1) is 23.2. The smallest absolute Gasteiger partial charge is 0.192 e. The lowest BCUT2D eigenvalue weighted by molar-refractivity contribution is 0.112. The highest BCUT2D eigenvalue weighted by molar-refractivity contribution is 6.74. The molecular weight excluding hydrogens is 342 g/mol. The molecule has 0 amide bonds. The first-order chi connectivity index (χ1) is 12.0. The van der Waals surface area contributed by atoms with Gasteiger partial charge in [0, 0.05) is 19.7 Å². The fourth-order valence-electron chi connectivity index (χ4n) is 2.26. The normalized spacial score (nSPS) is 13.9. The van der Waals surface area contributed by atoms with E-state index in [4.69, 9.17) is 13.9 Å². The second-order valence-electron chi connectivity index (χ2n) is 8.76. The van der Waals surface area contributed by atoms with Crippen molar-refractivity contribution >= 4 is 8.32 Å². The summed E-state index contributed by atoms with van der Waals surface area (Å²) in [7, 11) is -0.109. The molecule has 1 rings (SSSR count). The lowest BCUT2D eigenvalue weighted by Gasteiger charge is -2.39. The highest BCUT2D eigenvalue weighted by Crippen LogP contribution is 2.37. The minimum absolute atomic E-state index is 0.0476. The van der Waals surface area contributed by atoms with Gasteiger partial charge in [0.2, 0.25) is 0 Å². The van der Waals surface area contributed by atoms with Gasteiger partial charge in [-0.05, 0) is 42.2 Å². The zero-order valence-electron chi connectivity index (χ0n) is 18.0. The summed E-state index contributed by atoms with van der Waals surface area (Å²) in [5.41, 5.74) is 1.26. The van der Waals surface area contributed by atoms with Gasteiger partial charge < -0.3 is 19.2 Å². The van der Waals surface area contributed by atoms with E-state index in [1.165, 1.54) is 5.56 Å². The van der Waals surface area contributed by atoms with E-state index in [0.717, 1.165) is 25.3 Å². The van der Waals surface area contributed by atoms with Crippen LogP contribution in [0.4, 0.5) is 0 Å². The fourth-order valence-corrected chi connectivity index (χ4v) is 3.59. The highest BCUT2D eigenvalue weighted by Gasteiger charge is 2.39. The third-order valence-electron chi connectivity index (χ3n) is 4.98. The Kier molecular flexibility index (Phi) is 9.31. The van der Waals surface area contributed by atoms with Crippen molar-refractivity contribution in [1.29, 1.82) is 0 Å². The van der Waals surface area contributed by atoms with Crippen molar-refractivity contribution in [3.05, 3.63) is 29.8 Å². The molecule has 0 heterocycles. The van der Waals surface area contributed by atoms with Crippen LogP contribution in [0.25, 0.3) is 0 Å². The zero-order valence-corrected chi connectivity index (χ0v) is 19.0. The summed E-state index contributed by atoms with van der Waals surface area (Å²) in [6, 6.07) is 8.70. The molecule has 5 heteroatoms. The fraction of sp³-hybridized carbons (Fsp3) is 0.714. The van der Waals surface area contributed by atoms with E-state index in [1.54, 1.807) is 7.11 Å². The van der Waals surface area contributed by atoms with Gasteiger partial charge in [-0.3, -0.25) is 0 Å². The zero-order chi connectivity index (χ0) is 19.8. The molecule has 0 bridgehead atoms. The van der Waals surface area contributed by atoms with Gasteiger partial charge in [0.05, 0.1) is 12.7 Å². The second kappa shape index (κ2) is 10.5. The molecule has 4 nitrogen and oxygen atoms in total. The Balaban J connectivity index is 2.67. The van der Waals surface area contributed by atoms with Crippen molar-refractivity contribution < 1.29 is 13.9 Å². The number of nitrogens with one attached hydrogen (secondary N) is 1. The van der Waals surface area contributed by atoms with Crippen LogP contribution in [-0.2, 0) is 15.6 Å². The molecule has 0 aliphatic heterocycles. The van der Waals surface area contributed by atoms with Crippen LogP contribution in [0.15, 0.2) is 24.3 Å². The monoisotopic (exact) mass is 381 g/mol. The van der Waals surface area contributed by atoms with Crippen LogP contribution in [0, 0.1) is 0 Å². The third kappa shape index (κ3) is 8.21. The Morgan fingerprint density at radius 2 is 1.69 bits per heavy atom. The molecule has 0 saturated heterocycles. The Morgan fingerprint density at radius 1 is 1.08 bits per heavy atom. The largest absolute Gasteiger partial charge is 0.491 e. The van der Waals surface area contributed by atoms with Gasteiger partial charge in [0.25, 0.3) is 0 Å². The molecule has 0 radical (unpaired) electrons. The molecule has 26 heavy (non-hydrogen) atoms. The molecule has 1 N–H and O–H groups in total. The predicted molar refractivity (Wildman–Crippen MR) is 113 cm³/mol. The first-order valence-corrected chi connectivity index (χ1v) is 12.6. The van der Waals surface area contributed by atoms with Crippen LogP contribution < -0.4 is 10.1 Å². The summed E-state index contributed by atoms with van der Waals surface area (Å²) in [4.78, 5) is 0. The standard InChI is InChI=1S/C21H39NO3Si/c1-17(2)22-15-20(25-26(7,8)21(3,4)5)16-24-19-11-9-18(10-12-19)13-14-23-6/h9-12,17,20,22H,13-16H2,1-8H3. The van der Waals surface area contributed by atoms with Crippen LogP contribution in [0.3, 0.4) is 0 Å². The van der Waals surface area contributed by atoms with Gasteiger partial charge >= 0.3 is 0 Å². The van der Waals surface area contributed by atoms with Gasteiger partial charge in [-0.2, -0.15) is 0 Å². The Bertz CT molecular complexity index is 509. The summed E-state index contributed by atoms with van der Waals surface area (Å²) < 4.78 is 17.8. The molecule has 0 spiro atoms. The van der Waals surface area contributed by atoms with Gasteiger partial charge in [-0.25, -0.2) is 0 Å². The lowest BCUT2D eigenvalue weighted by atomic mass is 10.1. The van der Waals surface area contributed by atoms with Crippen molar-refractivity contribution in [3.63, 3.8) is 0 Å². The van der Waals surface area contributed by atoms with E-state index in [1.807, 2.05) is 12.1 Å². The predicted octanol–water partition coefficient (Wildman–Crippen LogP) is 4.64. The summed E-state index contributed by atoms with van der Waals surface area (Å²) >= 11 is 0. The van der Waals surface area contributed by atoms with Gasteiger partial charge in [0.1, 0.15) is 12.4 Å². The van der Waals surface area contributed by atoms with Crippen LogP contribution in [-0.4, -0.2) is 47.3 Å². The number of rotatable bonds is 11. The van der Waals surface area contributed by atoms with Gasteiger partial charge in [0.15, 0.2) is 8.32 Å². The number of ether oxygens (including phenoxy) is 2. The topological polar surface area (TPSA) is 39.7 Å². The van der Waals surface area contributed by atoms with Crippen molar-refractivity contribution in [1.82, 2.24) is 5.32 Å². The Morgan fingerprint density at radius 3 is 2.19 bits per heavy atom. The Labute approximate surface area is 161 Å². The number of hydrogen-bond donors (Lipinski definition) is 1. The Hall–Kier alpha value is -0.883. The summed E-state index contributed by atoms with van der Waals surface area (Å²) in [5, 5.41) is 3.68. The average molecular weight is 382 g/mol. The quantitative estimate of drug-likeness (QED) is 0.567. The maximum atomic E-state index is 6.59. The third-order valence-corrected chi connectivity index (χ3v) is 9.51. The number of hydrogen-bond acceptors (Lipinski definition) is 4. The minimum atomic E-state index is -1.84. The van der Waals surface area contributed by atoms with E-state index in [2.05, 4.69) is 65.2 Å². The van der Waals surface area contributed by atoms with Crippen LogP contribution in [0.1, 0.15) is 40.2 Å². The van der Waals surface area contributed by atoms with Crippen molar-refractivity contribution in [2.45, 2.75) is 71.3 Å². The minimum Gasteiger partial charge on any atom is -0.491 e. The molecule has 0 fully saturated rings. The number of methoxy groups -OCH3 is 1.